The standard InChI is InChI=1S/C12H21NO3/c1-8-5-9(8)6-10(7-14)13-11(15)16-12(2,3)4/h7-10H,5-6H2,1-4H3,(H,13,15)/t8-,9+,10?/m0/s1. The molecule has 1 aliphatic rings. The third-order valence-corrected chi connectivity index (χ3v) is 2.70. The second-order valence-corrected chi connectivity index (χ2v) is 5.60. The van der Waals surface area contributed by atoms with Crippen LogP contribution in [0.1, 0.15) is 40.5 Å². The van der Waals surface area contributed by atoms with Crippen molar-refractivity contribution in [2.45, 2.75) is 52.2 Å². The van der Waals surface area contributed by atoms with Gasteiger partial charge in [-0.05, 0) is 45.4 Å². The fourth-order valence-corrected chi connectivity index (χ4v) is 1.66. The maximum Gasteiger partial charge on any atom is 0.408 e. The first-order chi connectivity index (χ1) is 7.31. The molecule has 0 aliphatic heterocycles. The number of amides is 1. The van der Waals surface area contributed by atoms with Crippen LogP contribution in [0.5, 0.6) is 0 Å². The Balaban J connectivity index is 2.32. The molecule has 4 nitrogen and oxygen atoms in total. The summed E-state index contributed by atoms with van der Waals surface area (Å²) in [5, 5.41) is 2.59. The normalized spacial score (nSPS) is 25.8. The topological polar surface area (TPSA) is 55.4 Å². The van der Waals surface area contributed by atoms with E-state index < -0.39 is 17.7 Å². The summed E-state index contributed by atoms with van der Waals surface area (Å²) in [4.78, 5) is 22.2. The van der Waals surface area contributed by atoms with Crippen molar-refractivity contribution in [3.63, 3.8) is 0 Å². The van der Waals surface area contributed by atoms with E-state index in [1.54, 1.807) is 20.8 Å². The summed E-state index contributed by atoms with van der Waals surface area (Å²) in [5.74, 6) is 1.26. The van der Waals surface area contributed by atoms with Crippen molar-refractivity contribution >= 4 is 12.4 Å². The maximum absolute atomic E-state index is 11.4. The molecule has 0 aromatic carbocycles. The first-order valence-electron chi connectivity index (χ1n) is 5.76. The van der Waals surface area contributed by atoms with Gasteiger partial charge in [-0.15, -0.1) is 0 Å². The highest BCUT2D eigenvalue weighted by molar-refractivity contribution is 5.73. The number of alkyl carbamates (subject to hydrolysis) is 1. The van der Waals surface area contributed by atoms with Crippen molar-refractivity contribution < 1.29 is 14.3 Å². The summed E-state index contributed by atoms with van der Waals surface area (Å²) < 4.78 is 5.09. The molecule has 92 valence electrons. The van der Waals surface area contributed by atoms with Crippen molar-refractivity contribution in [3.05, 3.63) is 0 Å². The molecule has 1 rings (SSSR count). The zero-order chi connectivity index (χ0) is 12.3. The average Bonchev–Trinajstić information content (AvgIpc) is 2.77. The van der Waals surface area contributed by atoms with Gasteiger partial charge in [0.05, 0.1) is 6.04 Å². The molecule has 3 atom stereocenters. The van der Waals surface area contributed by atoms with E-state index in [4.69, 9.17) is 4.74 Å². The molecule has 0 aromatic heterocycles. The number of hydrogen-bond donors (Lipinski definition) is 1. The molecule has 0 saturated heterocycles. The highest BCUT2D eigenvalue weighted by atomic mass is 16.6. The number of carbonyl (C=O) groups excluding carboxylic acids is 2. The Morgan fingerprint density at radius 2 is 2.12 bits per heavy atom. The van der Waals surface area contributed by atoms with Gasteiger partial charge in [0, 0.05) is 0 Å². The fraction of sp³-hybridized carbons (Fsp3) is 0.833. The third-order valence-electron chi connectivity index (χ3n) is 2.70. The molecule has 0 aromatic rings. The minimum atomic E-state index is -0.523. The van der Waals surface area contributed by atoms with Crippen molar-refractivity contribution in [1.29, 1.82) is 0 Å². The van der Waals surface area contributed by atoms with Gasteiger partial charge >= 0.3 is 6.09 Å². The second kappa shape index (κ2) is 4.85. The van der Waals surface area contributed by atoms with Crippen molar-refractivity contribution in [1.82, 2.24) is 5.32 Å². The Morgan fingerprint density at radius 1 is 1.56 bits per heavy atom. The lowest BCUT2D eigenvalue weighted by Gasteiger charge is -2.21. The Labute approximate surface area is 96.7 Å². The maximum atomic E-state index is 11.4. The van der Waals surface area contributed by atoms with Gasteiger partial charge in [-0.1, -0.05) is 6.92 Å². The largest absolute Gasteiger partial charge is 0.444 e. The van der Waals surface area contributed by atoms with Crippen LogP contribution in [0.2, 0.25) is 0 Å². The van der Waals surface area contributed by atoms with Crippen LogP contribution >= 0.6 is 0 Å². The van der Waals surface area contributed by atoms with Gasteiger partial charge in [-0.3, -0.25) is 0 Å². The second-order valence-electron chi connectivity index (χ2n) is 5.60. The molecule has 0 bridgehead atoms. The molecule has 1 saturated carbocycles. The monoisotopic (exact) mass is 227 g/mol. The first kappa shape index (κ1) is 13.0. The van der Waals surface area contributed by atoms with E-state index in [1.165, 1.54) is 0 Å². The summed E-state index contributed by atoms with van der Waals surface area (Å²) in [6.45, 7) is 7.54. The van der Waals surface area contributed by atoms with E-state index in [-0.39, 0.29) is 0 Å². The van der Waals surface area contributed by atoms with E-state index in [2.05, 4.69) is 12.2 Å². The Morgan fingerprint density at radius 3 is 2.50 bits per heavy atom. The van der Waals surface area contributed by atoms with Crippen LogP contribution in [-0.4, -0.2) is 24.0 Å². The Bertz CT molecular complexity index is 270. The van der Waals surface area contributed by atoms with Crippen LogP contribution in [0.15, 0.2) is 0 Å². The molecule has 0 radical (unpaired) electrons. The lowest BCUT2D eigenvalue weighted by atomic mass is 10.1. The van der Waals surface area contributed by atoms with Gasteiger partial charge < -0.3 is 14.8 Å². The van der Waals surface area contributed by atoms with E-state index >= 15 is 0 Å². The van der Waals surface area contributed by atoms with E-state index in [0.717, 1.165) is 19.1 Å². The third kappa shape index (κ3) is 4.64. The average molecular weight is 227 g/mol. The Kier molecular flexibility index (Phi) is 3.94. The van der Waals surface area contributed by atoms with E-state index in [1.807, 2.05) is 0 Å². The van der Waals surface area contributed by atoms with Crippen molar-refractivity contribution in [2.24, 2.45) is 11.8 Å². The zero-order valence-corrected chi connectivity index (χ0v) is 10.4. The van der Waals surface area contributed by atoms with Gasteiger partial charge in [-0.25, -0.2) is 4.79 Å². The van der Waals surface area contributed by atoms with E-state index in [0.29, 0.717) is 11.8 Å². The number of aldehydes is 1. The van der Waals surface area contributed by atoms with Crippen LogP contribution in [0.3, 0.4) is 0 Å². The van der Waals surface area contributed by atoms with Crippen LogP contribution < -0.4 is 5.32 Å². The minimum absolute atomic E-state index is 0.412. The molecule has 1 fully saturated rings. The molecule has 1 amide bonds. The van der Waals surface area contributed by atoms with Crippen LogP contribution in [0.4, 0.5) is 4.79 Å². The van der Waals surface area contributed by atoms with Crippen molar-refractivity contribution in [3.8, 4) is 0 Å². The summed E-state index contributed by atoms with van der Waals surface area (Å²) >= 11 is 0. The lowest BCUT2D eigenvalue weighted by molar-refractivity contribution is -0.109. The Hall–Kier alpha value is -1.06. The zero-order valence-electron chi connectivity index (χ0n) is 10.4. The molecular formula is C12H21NO3. The van der Waals surface area contributed by atoms with Crippen LogP contribution in [0, 0.1) is 11.8 Å². The molecule has 1 unspecified atom stereocenters. The summed E-state index contributed by atoms with van der Waals surface area (Å²) in [5.41, 5.74) is -0.523. The molecular weight excluding hydrogens is 206 g/mol. The van der Waals surface area contributed by atoms with Gasteiger partial charge in [0.2, 0.25) is 0 Å². The quantitative estimate of drug-likeness (QED) is 0.748. The van der Waals surface area contributed by atoms with Crippen molar-refractivity contribution in [2.75, 3.05) is 0 Å². The smallest absolute Gasteiger partial charge is 0.408 e. The lowest BCUT2D eigenvalue weighted by Crippen LogP contribution is -2.40. The number of nitrogens with one attached hydrogen (secondary N) is 1. The summed E-state index contributed by atoms with van der Waals surface area (Å²) in [6, 6.07) is -0.412. The predicted octanol–water partition coefficient (Wildman–Crippen LogP) is 2.12. The SMILES string of the molecule is C[C@H]1C[C@@H]1CC(C=O)NC(=O)OC(C)(C)C. The van der Waals surface area contributed by atoms with Crippen LogP contribution in [-0.2, 0) is 9.53 Å². The number of hydrogen-bond acceptors (Lipinski definition) is 3. The highest BCUT2D eigenvalue weighted by Gasteiger charge is 2.35. The number of carbonyl (C=O) groups is 2. The fourth-order valence-electron chi connectivity index (χ4n) is 1.66. The molecule has 0 heterocycles. The van der Waals surface area contributed by atoms with Gasteiger partial charge in [-0.2, -0.15) is 0 Å². The van der Waals surface area contributed by atoms with Gasteiger partial charge in [0.15, 0.2) is 0 Å². The molecule has 1 aliphatic carbocycles. The molecule has 0 spiro atoms. The summed E-state index contributed by atoms with van der Waals surface area (Å²) in [7, 11) is 0. The first-order valence-corrected chi connectivity index (χ1v) is 5.76. The number of rotatable bonds is 4. The van der Waals surface area contributed by atoms with Gasteiger partial charge in [0.25, 0.3) is 0 Å². The number of ether oxygens (including phenoxy) is 1. The van der Waals surface area contributed by atoms with Gasteiger partial charge in [0.1, 0.15) is 11.9 Å². The predicted molar refractivity (Wildman–Crippen MR) is 61.1 cm³/mol. The van der Waals surface area contributed by atoms with E-state index in [9.17, 15) is 9.59 Å². The molecule has 4 heteroatoms. The minimum Gasteiger partial charge on any atom is -0.444 e. The van der Waals surface area contributed by atoms with Crippen LogP contribution in [0.25, 0.3) is 0 Å². The highest BCUT2D eigenvalue weighted by Crippen LogP contribution is 2.41. The molecule has 16 heavy (non-hydrogen) atoms. The summed E-state index contributed by atoms with van der Waals surface area (Å²) in [6.07, 6.45) is 2.15. The molecule has 1 N–H and O–H groups in total.